The number of carboxylic acids is 1. The van der Waals surface area contributed by atoms with Crippen LogP contribution in [0.5, 0.6) is 6.01 Å². The third-order valence-electron chi connectivity index (χ3n) is 4.18. The lowest BCUT2D eigenvalue weighted by atomic mass is 9.99. The first-order chi connectivity index (χ1) is 13.6. The lowest BCUT2D eigenvalue weighted by Crippen LogP contribution is -2.07. The smallest absolute Gasteiger partial charge is 0.336 e. The summed E-state index contributed by atoms with van der Waals surface area (Å²) in [4.78, 5) is 15.8. The summed E-state index contributed by atoms with van der Waals surface area (Å²) < 4.78 is 7.20. The number of carbonyl (C=O) groups is 1. The first-order valence-electron chi connectivity index (χ1n) is 9.00. The number of carboxylic acid groups (broad SMARTS) is 1. The molecule has 0 aliphatic heterocycles. The second-order valence-corrected chi connectivity index (χ2v) is 6.05. The molecule has 0 aliphatic rings. The molecule has 2 aromatic carbocycles. The second kappa shape index (κ2) is 8.87. The van der Waals surface area contributed by atoms with E-state index in [2.05, 4.69) is 21.9 Å². The van der Waals surface area contributed by atoms with Crippen LogP contribution in [0, 0.1) is 11.8 Å². The normalized spacial score (nSPS) is 10.2. The van der Waals surface area contributed by atoms with Gasteiger partial charge in [-0.05, 0) is 36.6 Å². The van der Waals surface area contributed by atoms with Crippen LogP contribution in [0.15, 0.2) is 48.5 Å². The van der Waals surface area contributed by atoms with E-state index < -0.39 is 5.97 Å². The van der Waals surface area contributed by atoms with Gasteiger partial charge in [0.05, 0.1) is 25.1 Å². The van der Waals surface area contributed by atoms with Gasteiger partial charge >= 0.3 is 12.0 Å². The number of aromatic nitrogens is 3. The van der Waals surface area contributed by atoms with Gasteiger partial charge in [-0.3, -0.25) is 0 Å². The summed E-state index contributed by atoms with van der Waals surface area (Å²) in [5.41, 5.74) is 2.86. The summed E-state index contributed by atoms with van der Waals surface area (Å²) in [6.45, 7) is 4.71. The number of aromatic carboxylic acids is 1. The van der Waals surface area contributed by atoms with Gasteiger partial charge in [-0.1, -0.05) is 48.4 Å². The molecule has 0 aliphatic carbocycles. The SMILES string of the molecule is CC#CCc1nc(OCC)nn1Cc1ccc(-c2ccccc2C(=O)O)cc1. The predicted octanol–water partition coefficient (Wildman–Crippen LogP) is 3.66. The lowest BCUT2D eigenvalue weighted by molar-refractivity contribution is 0.0697. The van der Waals surface area contributed by atoms with E-state index >= 15 is 0 Å². The molecule has 0 radical (unpaired) electrons. The third-order valence-corrected chi connectivity index (χ3v) is 4.18. The van der Waals surface area contributed by atoms with Crippen molar-refractivity contribution in [3.05, 3.63) is 65.5 Å². The van der Waals surface area contributed by atoms with E-state index in [1.54, 1.807) is 23.7 Å². The quantitative estimate of drug-likeness (QED) is 0.638. The zero-order valence-electron chi connectivity index (χ0n) is 15.8. The van der Waals surface area contributed by atoms with Gasteiger partial charge in [0, 0.05) is 0 Å². The second-order valence-electron chi connectivity index (χ2n) is 6.05. The summed E-state index contributed by atoms with van der Waals surface area (Å²) >= 11 is 0. The Morgan fingerprint density at radius 2 is 1.93 bits per heavy atom. The molecule has 0 bridgehead atoms. The van der Waals surface area contributed by atoms with Crippen LogP contribution in [-0.2, 0) is 13.0 Å². The summed E-state index contributed by atoms with van der Waals surface area (Å²) in [6.07, 6.45) is 0.501. The summed E-state index contributed by atoms with van der Waals surface area (Å²) in [7, 11) is 0. The van der Waals surface area contributed by atoms with E-state index in [0.29, 0.717) is 31.1 Å². The van der Waals surface area contributed by atoms with Crippen molar-refractivity contribution < 1.29 is 14.6 Å². The number of ether oxygens (including phenoxy) is 1. The molecule has 3 aromatic rings. The molecular weight excluding hydrogens is 354 g/mol. The van der Waals surface area contributed by atoms with Crippen LogP contribution < -0.4 is 4.74 Å². The first-order valence-corrected chi connectivity index (χ1v) is 9.00. The molecule has 0 saturated carbocycles. The molecule has 1 N–H and O–H groups in total. The Labute approximate surface area is 163 Å². The molecule has 28 heavy (non-hydrogen) atoms. The van der Waals surface area contributed by atoms with Crippen LogP contribution in [0.25, 0.3) is 11.1 Å². The maximum Gasteiger partial charge on any atom is 0.336 e. The highest BCUT2D eigenvalue weighted by atomic mass is 16.5. The van der Waals surface area contributed by atoms with Crippen LogP contribution >= 0.6 is 0 Å². The molecule has 0 amide bonds. The third kappa shape index (κ3) is 4.38. The van der Waals surface area contributed by atoms with E-state index in [9.17, 15) is 9.90 Å². The van der Waals surface area contributed by atoms with E-state index in [-0.39, 0.29) is 5.56 Å². The number of hydrogen-bond donors (Lipinski definition) is 1. The van der Waals surface area contributed by atoms with E-state index in [1.165, 1.54) is 0 Å². The van der Waals surface area contributed by atoms with Gasteiger partial charge in [-0.2, -0.15) is 4.98 Å². The summed E-state index contributed by atoms with van der Waals surface area (Å²) in [5.74, 6) is 5.69. The molecule has 1 aromatic heterocycles. The zero-order chi connectivity index (χ0) is 19.9. The Hall–Kier alpha value is -3.59. The van der Waals surface area contributed by atoms with Crippen molar-refractivity contribution in [2.24, 2.45) is 0 Å². The van der Waals surface area contributed by atoms with E-state index in [1.807, 2.05) is 43.3 Å². The van der Waals surface area contributed by atoms with Crippen molar-refractivity contribution in [3.63, 3.8) is 0 Å². The lowest BCUT2D eigenvalue weighted by Gasteiger charge is -2.08. The molecule has 6 heteroatoms. The molecule has 6 nitrogen and oxygen atoms in total. The number of benzene rings is 2. The fourth-order valence-electron chi connectivity index (χ4n) is 2.85. The fourth-order valence-corrected chi connectivity index (χ4v) is 2.85. The van der Waals surface area contributed by atoms with Crippen LogP contribution in [0.1, 0.15) is 35.6 Å². The summed E-state index contributed by atoms with van der Waals surface area (Å²) in [6, 6.07) is 15.1. The van der Waals surface area contributed by atoms with Crippen molar-refractivity contribution >= 4 is 5.97 Å². The number of hydrogen-bond acceptors (Lipinski definition) is 4. The molecular formula is C22H21N3O3. The highest BCUT2D eigenvalue weighted by Crippen LogP contribution is 2.24. The van der Waals surface area contributed by atoms with Crippen molar-refractivity contribution in [1.82, 2.24) is 14.8 Å². The minimum Gasteiger partial charge on any atom is -0.478 e. The Morgan fingerprint density at radius 3 is 2.61 bits per heavy atom. The number of rotatable bonds is 7. The van der Waals surface area contributed by atoms with Gasteiger partial charge in [0.15, 0.2) is 0 Å². The Kier molecular flexibility index (Phi) is 6.07. The van der Waals surface area contributed by atoms with Gasteiger partial charge in [-0.25, -0.2) is 9.48 Å². The molecule has 3 rings (SSSR count). The van der Waals surface area contributed by atoms with Crippen molar-refractivity contribution in [2.75, 3.05) is 6.61 Å². The molecule has 142 valence electrons. The van der Waals surface area contributed by atoms with Gasteiger partial charge in [-0.15, -0.1) is 11.0 Å². The maximum atomic E-state index is 11.4. The van der Waals surface area contributed by atoms with Gasteiger partial charge in [0.2, 0.25) is 0 Å². The Bertz CT molecular complexity index is 1030. The van der Waals surface area contributed by atoms with Crippen molar-refractivity contribution in [3.8, 4) is 29.0 Å². The molecule has 0 spiro atoms. The zero-order valence-corrected chi connectivity index (χ0v) is 15.8. The standard InChI is InChI=1S/C22H21N3O3/c1-3-5-10-20-23-22(28-4-2)24-25(20)15-16-11-13-17(14-12-16)18-8-6-7-9-19(18)21(26)27/h6-9,11-14H,4,10,15H2,1-2H3,(H,26,27). The Morgan fingerprint density at radius 1 is 1.18 bits per heavy atom. The molecule has 0 saturated heterocycles. The highest BCUT2D eigenvalue weighted by molar-refractivity contribution is 5.95. The van der Waals surface area contributed by atoms with Gasteiger partial charge in [0.1, 0.15) is 5.82 Å². The fraction of sp³-hybridized carbons (Fsp3) is 0.227. The van der Waals surface area contributed by atoms with Crippen molar-refractivity contribution in [1.29, 1.82) is 0 Å². The average Bonchev–Trinajstić information content (AvgIpc) is 3.08. The van der Waals surface area contributed by atoms with Gasteiger partial charge in [0.25, 0.3) is 0 Å². The maximum absolute atomic E-state index is 11.4. The largest absolute Gasteiger partial charge is 0.478 e. The highest BCUT2D eigenvalue weighted by Gasteiger charge is 2.12. The molecule has 0 fully saturated rings. The van der Waals surface area contributed by atoms with Crippen LogP contribution in [0.4, 0.5) is 0 Å². The first kappa shape index (κ1) is 19.2. The molecule has 0 atom stereocenters. The summed E-state index contributed by atoms with van der Waals surface area (Å²) in [5, 5.41) is 13.8. The Balaban J connectivity index is 1.85. The molecule has 0 unspecified atom stereocenters. The average molecular weight is 375 g/mol. The predicted molar refractivity (Wildman–Crippen MR) is 106 cm³/mol. The minimum absolute atomic E-state index is 0.285. The molecule has 1 heterocycles. The number of nitrogens with zero attached hydrogens (tertiary/aromatic N) is 3. The topological polar surface area (TPSA) is 77.2 Å². The van der Waals surface area contributed by atoms with Crippen LogP contribution in [-0.4, -0.2) is 32.4 Å². The van der Waals surface area contributed by atoms with Crippen LogP contribution in [0.3, 0.4) is 0 Å². The van der Waals surface area contributed by atoms with Crippen molar-refractivity contribution in [2.45, 2.75) is 26.8 Å². The monoisotopic (exact) mass is 375 g/mol. The minimum atomic E-state index is -0.938. The van der Waals surface area contributed by atoms with Crippen LogP contribution in [0.2, 0.25) is 0 Å². The van der Waals surface area contributed by atoms with E-state index in [0.717, 1.165) is 17.0 Å². The van der Waals surface area contributed by atoms with E-state index in [4.69, 9.17) is 4.74 Å². The van der Waals surface area contributed by atoms with Gasteiger partial charge < -0.3 is 9.84 Å².